The minimum atomic E-state index is -1.15. The molecule has 2 N–H and O–H groups in total. The number of nitrogens with zero attached hydrogens (tertiary/aromatic N) is 2. The first kappa shape index (κ1) is 23.0. The molecule has 0 aliphatic carbocycles. The van der Waals surface area contributed by atoms with Gasteiger partial charge >= 0.3 is 12.0 Å². The van der Waals surface area contributed by atoms with Crippen LogP contribution in [0.25, 0.3) is 11.8 Å². The number of aromatic carboxylic acids is 1. The highest BCUT2D eigenvalue weighted by molar-refractivity contribution is 6.33. The summed E-state index contributed by atoms with van der Waals surface area (Å²) in [4.78, 5) is 50.4. The molecule has 1 aliphatic rings. The number of halogens is 1. The van der Waals surface area contributed by atoms with Crippen molar-refractivity contribution in [3.8, 4) is 5.69 Å². The molecule has 1 fully saturated rings. The second kappa shape index (κ2) is 8.99. The second-order valence-electron chi connectivity index (χ2n) is 7.83. The standard InChI is InChI=1S/C25H20ClN3O5/c1-14-10-17(15(2)29(14)18-8-9-21(26)19(12-18)24(32)33)11-20-22(30)27-25(34)28(23(20)31)13-16-6-4-3-5-7-16/h3-12H,13H2,1-2H3,(H,32,33)(H,27,30,34)/b20-11-. The molecule has 8 nitrogen and oxygen atoms in total. The van der Waals surface area contributed by atoms with Crippen molar-refractivity contribution in [1.82, 2.24) is 14.8 Å². The van der Waals surface area contributed by atoms with Crippen LogP contribution in [0, 0.1) is 13.8 Å². The van der Waals surface area contributed by atoms with Crippen LogP contribution < -0.4 is 5.32 Å². The smallest absolute Gasteiger partial charge is 0.337 e. The number of carboxylic acid groups (broad SMARTS) is 1. The number of aryl methyl sites for hydroxylation is 1. The summed E-state index contributed by atoms with van der Waals surface area (Å²) in [6, 6.07) is 14.6. The van der Waals surface area contributed by atoms with E-state index >= 15 is 0 Å². The van der Waals surface area contributed by atoms with Gasteiger partial charge in [-0.15, -0.1) is 0 Å². The van der Waals surface area contributed by atoms with E-state index in [4.69, 9.17) is 11.6 Å². The zero-order valence-electron chi connectivity index (χ0n) is 18.3. The summed E-state index contributed by atoms with van der Waals surface area (Å²) in [5, 5.41) is 11.7. The van der Waals surface area contributed by atoms with Gasteiger partial charge in [-0.25, -0.2) is 9.59 Å². The number of imide groups is 2. The van der Waals surface area contributed by atoms with Crippen molar-refractivity contribution in [2.24, 2.45) is 0 Å². The van der Waals surface area contributed by atoms with Crippen LogP contribution in [-0.4, -0.2) is 38.4 Å². The minimum Gasteiger partial charge on any atom is -0.478 e. The van der Waals surface area contributed by atoms with E-state index in [1.54, 1.807) is 47.9 Å². The number of aromatic nitrogens is 1. The quantitative estimate of drug-likeness (QED) is 0.424. The summed E-state index contributed by atoms with van der Waals surface area (Å²) in [7, 11) is 0. The Bertz CT molecular complexity index is 1370. The summed E-state index contributed by atoms with van der Waals surface area (Å²) in [6.45, 7) is 3.63. The highest BCUT2D eigenvalue weighted by atomic mass is 35.5. The lowest BCUT2D eigenvalue weighted by atomic mass is 10.1. The molecule has 9 heteroatoms. The molecule has 4 amide bonds. The monoisotopic (exact) mass is 477 g/mol. The first-order valence-electron chi connectivity index (χ1n) is 10.3. The first-order chi connectivity index (χ1) is 16.2. The first-order valence-corrected chi connectivity index (χ1v) is 10.7. The fourth-order valence-electron chi connectivity index (χ4n) is 3.91. The lowest BCUT2D eigenvalue weighted by Gasteiger charge is -2.26. The van der Waals surface area contributed by atoms with Gasteiger partial charge in [-0.05, 0) is 55.3 Å². The third-order valence-corrected chi connectivity index (χ3v) is 5.91. The van der Waals surface area contributed by atoms with E-state index in [-0.39, 0.29) is 22.7 Å². The Kier molecular flexibility index (Phi) is 6.08. The topological polar surface area (TPSA) is 109 Å². The van der Waals surface area contributed by atoms with Crippen molar-refractivity contribution in [2.45, 2.75) is 20.4 Å². The Morgan fingerprint density at radius 2 is 1.76 bits per heavy atom. The average molecular weight is 478 g/mol. The molecule has 1 saturated heterocycles. The van der Waals surface area contributed by atoms with Gasteiger partial charge in [0.1, 0.15) is 5.57 Å². The average Bonchev–Trinajstić information content (AvgIpc) is 3.08. The molecule has 0 radical (unpaired) electrons. The van der Waals surface area contributed by atoms with E-state index in [0.29, 0.717) is 16.9 Å². The molecule has 4 rings (SSSR count). The fraction of sp³-hybridized carbons (Fsp3) is 0.120. The van der Waals surface area contributed by atoms with E-state index < -0.39 is 23.8 Å². The highest BCUT2D eigenvalue weighted by Crippen LogP contribution is 2.27. The summed E-state index contributed by atoms with van der Waals surface area (Å²) in [6.07, 6.45) is 1.44. The fourth-order valence-corrected chi connectivity index (χ4v) is 4.10. The minimum absolute atomic E-state index is 0.0257. The number of nitrogens with one attached hydrogen (secondary N) is 1. The summed E-state index contributed by atoms with van der Waals surface area (Å²) in [5.74, 6) is -2.62. The lowest BCUT2D eigenvalue weighted by Crippen LogP contribution is -2.53. The maximum atomic E-state index is 13.1. The summed E-state index contributed by atoms with van der Waals surface area (Å²) in [5.41, 5.74) is 3.12. The molecule has 1 aromatic heterocycles. The van der Waals surface area contributed by atoms with Crippen molar-refractivity contribution < 1.29 is 24.3 Å². The number of carbonyl (C=O) groups excluding carboxylic acids is 3. The molecule has 0 unspecified atom stereocenters. The van der Waals surface area contributed by atoms with E-state index in [9.17, 15) is 24.3 Å². The largest absolute Gasteiger partial charge is 0.478 e. The number of carbonyl (C=O) groups is 4. The third kappa shape index (κ3) is 4.23. The van der Waals surface area contributed by atoms with Crippen molar-refractivity contribution in [2.75, 3.05) is 0 Å². The van der Waals surface area contributed by atoms with Crippen LogP contribution in [0.2, 0.25) is 5.02 Å². The number of urea groups is 1. The number of hydrogen-bond donors (Lipinski definition) is 2. The molecule has 34 heavy (non-hydrogen) atoms. The maximum absolute atomic E-state index is 13.1. The van der Waals surface area contributed by atoms with Gasteiger partial charge in [0.2, 0.25) is 0 Å². The predicted molar refractivity (Wildman–Crippen MR) is 126 cm³/mol. The molecular formula is C25H20ClN3O5. The maximum Gasteiger partial charge on any atom is 0.337 e. The molecule has 3 aromatic rings. The summed E-state index contributed by atoms with van der Waals surface area (Å²) < 4.78 is 1.80. The molecular weight excluding hydrogens is 458 g/mol. The van der Waals surface area contributed by atoms with Gasteiger partial charge in [0, 0.05) is 17.1 Å². The Morgan fingerprint density at radius 3 is 2.44 bits per heavy atom. The van der Waals surface area contributed by atoms with E-state index in [0.717, 1.165) is 16.2 Å². The number of benzene rings is 2. The van der Waals surface area contributed by atoms with E-state index in [1.807, 2.05) is 13.0 Å². The van der Waals surface area contributed by atoms with Crippen LogP contribution >= 0.6 is 11.6 Å². The van der Waals surface area contributed by atoms with Crippen molar-refractivity contribution in [3.63, 3.8) is 0 Å². The van der Waals surface area contributed by atoms with Gasteiger partial charge in [-0.2, -0.15) is 0 Å². The lowest BCUT2D eigenvalue weighted by molar-refractivity contribution is -0.130. The Labute approximate surface area is 200 Å². The number of amides is 4. The van der Waals surface area contributed by atoms with Crippen LogP contribution in [0.4, 0.5) is 4.79 Å². The van der Waals surface area contributed by atoms with Crippen molar-refractivity contribution in [1.29, 1.82) is 0 Å². The van der Waals surface area contributed by atoms with Crippen LogP contribution in [0.15, 0.2) is 60.2 Å². The number of hydrogen-bond acceptors (Lipinski definition) is 4. The van der Waals surface area contributed by atoms with Gasteiger partial charge in [-0.3, -0.25) is 19.8 Å². The second-order valence-corrected chi connectivity index (χ2v) is 8.23. The molecule has 1 aliphatic heterocycles. The normalized spacial score (nSPS) is 15.1. The van der Waals surface area contributed by atoms with Crippen LogP contribution in [0.5, 0.6) is 0 Å². The highest BCUT2D eigenvalue weighted by Gasteiger charge is 2.36. The van der Waals surface area contributed by atoms with Gasteiger partial charge in [-0.1, -0.05) is 41.9 Å². The Hall–Kier alpha value is -4.17. The Balaban J connectivity index is 1.72. The van der Waals surface area contributed by atoms with E-state index in [2.05, 4.69) is 5.32 Å². The molecule has 172 valence electrons. The van der Waals surface area contributed by atoms with Crippen LogP contribution in [-0.2, 0) is 16.1 Å². The van der Waals surface area contributed by atoms with Crippen molar-refractivity contribution >= 4 is 41.5 Å². The molecule has 0 bridgehead atoms. The Morgan fingerprint density at radius 1 is 1.06 bits per heavy atom. The number of carboxylic acids is 1. The molecule has 0 saturated carbocycles. The van der Waals surface area contributed by atoms with Gasteiger partial charge < -0.3 is 9.67 Å². The molecule has 0 spiro atoms. The predicted octanol–water partition coefficient (Wildman–Crippen LogP) is 4.11. The zero-order valence-corrected chi connectivity index (χ0v) is 19.1. The number of barbiturate groups is 1. The number of rotatable bonds is 5. The van der Waals surface area contributed by atoms with Crippen LogP contribution in [0.3, 0.4) is 0 Å². The molecule has 2 heterocycles. The summed E-state index contributed by atoms with van der Waals surface area (Å²) >= 11 is 5.99. The molecule has 0 atom stereocenters. The SMILES string of the molecule is Cc1cc(/C=C2/C(=O)NC(=O)N(Cc3ccccc3)C2=O)c(C)n1-c1ccc(Cl)c(C(=O)O)c1. The molecule has 2 aromatic carbocycles. The van der Waals surface area contributed by atoms with Gasteiger partial charge in [0.05, 0.1) is 17.1 Å². The van der Waals surface area contributed by atoms with Crippen LogP contribution in [0.1, 0.15) is 32.9 Å². The van der Waals surface area contributed by atoms with E-state index in [1.165, 1.54) is 18.2 Å². The zero-order chi connectivity index (χ0) is 24.6. The van der Waals surface area contributed by atoms with Gasteiger partial charge in [0.25, 0.3) is 11.8 Å². The van der Waals surface area contributed by atoms with Crippen molar-refractivity contribution in [3.05, 3.63) is 93.3 Å². The third-order valence-electron chi connectivity index (χ3n) is 5.58. The van der Waals surface area contributed by atoms with Gasteiger partial charge in [0.15, 0.2) is 0 Å².